The molecule has 26 heavy (non-hydrogen) atoms. The van der Waals surface area contributed by atoms with Crippen molar-refractivity contribution in [3.05, 3.63) is 12.2 Å². The molecule has 152 valence electrons. The maximum absolute atomic E-state index is 9.91. The fourth-order valence-electron chi connectivity index (χ4n) is 3.76. The number of aliphatic hydroxyl groups excluding tert-OH is 1. The summed E-state index contributed by atoms with van der Waals surface area (Å²) in [4.78, 5) is 0. The van der Waals surface area contributed by atoms with E-state index in [1.165, 1.54) is 0 Å². The molecule has 0 aromatic rings. The zero-order valence-electron chi connectivity index (χ0n) is 18.7. The van der Waals surface area contributed by atoms with Crippen LogP contribution in [0, 0.1) is 17.8 Å². The van der Waals surface area contributed by atoms with Gasteiger partial charge in [-0.2, -0.15) is 0 Å². The molecule has 2 aliphatic rings. The van der Waals surface area contributed by atoms with Crippen LogP contribution in [-0.4, -0.2) is 40.6 Å². The summed E-state index contributed by atoms with van der Waals surface area (Å²) < 4.78 is 13.8. The van der Waals surface area contributed by atoms with Crippen molar-refractivity contribution in [1.29, 1.82) is 0 Å². The Bertz CT molecular complexity index is 528. The molecule has 3 nitrogen and oxygen atoms in total. The van der Waals surface area contributed by atoms with Gasteiger partial charge in [0.05, 0.1) is 12.2 Å². The highest BCUT2D eigenvalue weighted by molar-refractivity contribution is 6.74. The highest BCUT2D eigenvalue weighted by Gasteiger charge is 2.54. The van der Waals surface area contributed by atoms with E-state index in [-0.39, 0.29) is 34.8 Å². The first-order valence-electron chi connectivity index (χ1n) is 10.3. The van der Waals surface area contributed by atoms with Crippen LogP contribution in [0.15, 0.2) is 12.2 Å². The Hall–Kier alpha value is 0.0538. The Labute approximate surface area is 163 Å². The van der Waals surface area contributed by atoms with Crippen molar-refractivity contribution in [2.45, 2.75) is 96.4 Å². The zero-order valence-corrected chi connectivity index (χ0v) is 20.7. The van der Waals surface area contributed by atoms with Crippen molar-refractivity contribution in [1.82, 2.24) is 0 Å². The van der Waals surface area contributed by atoms with Crippen LogP contribution < -0.4 is 0 Å². The molecular formula is C21H42O3Si2. The number of fused-ring (bicyclic) bond motifs is 1. The Balaban J connectivity index is 2.30. The second kappa shape index (κ2) is 7.14. The van der Waals surface area contributed by atoms with Gasteiger partial charge < -0.3 is 14.0 Å². The van der Waals surface area contributed by atoms with Crippen LogP contribution in [0.2, 0.25) is 36.3 Å². The van der Waals surface area contributed by atoms with Crippen LogP contribution in [0.4, 0.5) is 0 Å². The van der Waals surface area contributed by atoms with Gasteiger partial charge >= 0.3 is 0 Å². The van der Waals surface area contributed by atoms with E-state index in [0.717, 1.165) is 6.42 Å². The van der Waals surface area contributed by atoms with Gasteiger partial charge in [-0.1, -0.05) is 53.7 Å². The van der Waals surface area contributed by atoms with E-state index in [1.54, 1.807) is 0 Å². The fraction of sp³-hybridized carbons (Fsp3) is 0.905. The first kappa shape index (κ1) is 22.3. The molecule has 1 fully saturated rings. The van der Waals surface area contributed by atoms with Crippen molar-refractivity contribution in [2.75, 3.05) is 6.61 Å². The van der Waals surface area contributed by atoms with E-state index in [2.05, 4.69) is 79.9 Å². The molecule has 1 saturated carbocycles. The molecule has 1 N–H and O–H groups in total. The molecule has 0 bridgehead atoms. The maximum atomic E-state index is 9.91. The van der Waals surface area contributed by atoms with Crippen LogP contribution in [0.1, 0.15) is 48.0 Å². The summed E-state index contributed by atoms with van der Waals surface area (Å²) in [7, 11) is -3.77. The van der Waals surface area contributed by atoms with E-state index in [9.17, 15) is 5.11 Å². The minimum absolute atomic E-state index is 0.0992. The molecule has 0 aromatic heterocycles. The second-order valence-corrected chi connectivity index (χ2v) is 21.0. The summed E-state index contributed by atoms with van der Waals surface area (Å²) >= 11 is 0. The molecule has 2 rings (SSSR count). The molecule has 0 amide bonds. The van der Waals surface area contributed by atoms with Crippen LogP contribution in [0.3, 0.4) is 0 Å². The number of hydrogen-bond donors (Lipinski definition) is 1. The van der Waals surface area contributed by atoms with Crippen LogP contribution in [0.25, 0.3) is 0 Å². The lowest BCUT2D eigenvalue weighted by atomic mass is 9.90. The molecule has 0 unspecified atom stereocenters. The van der Waals surface area contributed by atoms with Gasteiger partial charge in [-0.05, 0) is 48.6 Å². The van der Waals surface area contributed by atoms with E-state index in [0.29, 0.717) is 11.8 Å². The topological polar surface area (TPSA) is 38.7 Å². The zero-order chi connectivity index (χ0) is 20.1. The summed E-state index contributed by atoms with van der Waals surface area (Å²) in [5.41, 5.74) is 0. The number of hydrogen-bond acceptors (Lipinski definition) is 3. The molecule has 0 aliphatic heterocycles. The summed E-state index contributed by atoms with van der Waals surface area (Å²) in [6, 6.07) is 0. The Morgan fingerprint density at radius 3 is 1.85 bits per heavy atom. The van der Waals surface area contributed by atoms with Crippen LogP contribution in [0.5, 0.6) is 0 Å². The standard InChI is InChI=1S/C21H42O3Si2/c1-20(2,3)25(7,8)23-17-13-15-11-12-16(14-22)18(15)19(17)24-26(9,10)21(4,5)6/h11-12,15-19,22H,13-14H2,1-10H3/t15-,16-,17-,18+,19-/m1/s1. The van der Waals surface area contributed by atoms with Gasteiger partial charge in [0.25, 0.3) is 0 Å². The third kappa shape index (κ3) is 4.22. The molecule has 0 heterocycles. The number of allylic oxidation sites excluding steroid dienone is 1. The molecular weight excluding hydrogens is 356 g/mol. The molecule has 2 aliphatic carbocycles. The van der Waals surface area contributed by atoms with Gasteiger partial charge in [0.2, 0.25) is 0 Å². The van der Waals surface area contributed by atoms with Crippen LogP contribution >= 0.6 is 0 Å². The van der Waals surface area contributed by atoms with E-state index in [1.807, 2.05) is 0 Å². The van der Waals surface area contributed by atoms with Gasteiger partial charge in [0, 0.05) is 18.4 Å². The maximum Gasteiger partial charge on any atom is 0.192 e. The van der Waals surface area contributed by atoms with Gasteiger partial charge in [-0.3, -0.25) is 0 Å². The minimum Gasteiger partial charge on any atom is -0.411 e. The van der Waals surface area contributed by atoms with Crippen molar-refractivity contribution in [3.63, 3.8) is 0 Å². The molecule has 5 atom stereocenters. The lowest BCUT2D eigenvalue weighted by molar-refractivity contribution is 0.0189. The summed E-state index contributed by atoms with van der Waals surface area (Å²) in [5, 5.41) is 10.3. The summed E-state index contributed by atoms with van der Waals surface area (Å²) in [5.74, 6) is 1.06. The normalized spacial score (nSPS) is 33.0. The monoisotopic (exact) mass is 398 g/mol. The first-order valence-corrected chi connectivity index (χ1v) is 16.1. The van der Waals surface area contributed by atoms with Crippen molar-refractivity contribution < 1.29 is 14.0 Å². The number of aliphatic hydroxyl groups is 1. The average Bonchev–Trinajstić information content (AvgIpc) is 2.96. The average molecular weight is 399 g/mol. The lowest BCUT2D eigenvalue weighted by Crippen LogP contribution is -2.52. The molecule has 0 spiro atoms. The first-order chi connectivity index (χ1) is 11.6. The summed E-state index contributed by atoms with van der Waals surface area (Å²) in [6.07, 6.45) is 5.80. The largest absolute Gasteiger partial charge is 0.411 e. The highest BCUT2D eigenvalue weighted by Crippen LogP contribution is 2.50. The predicted molar refractivity (Wildman–Crippen MR) is 115 cm³/mol. The molecule has 0 saturated heterocycles. The highest BCUT2D eigenvalue weighted by atomic mass is 28.4. The second-order valence-electron chi connectivity index (χ2n) is 11.5. The van der Waals surface area contributed by atoms with E-state index >= 15 is 0 Å². The number of rotatable bonds is 5. The van der Waals surface area contributed by atoms with E-state index < -0.39 is 16.6 Å². The van der Waals surface area contributed by atoms with Crippen LogP contribution in [-0.2, 0) is 8.85 Å². The van der Waals surface area contributed by atoms with Crippen molar-refractivity contribution >= 4 is 16.6 Å². The van der Waals surface area contributed by atoms with Crippen molar-refractivity contribution in [3.8, 4) is 0 Å². The summed E-state index contributed by atoms with van der Waals surface area (Å²) in [6.45, 7) is 23.3. The van der Waals surface area contributed by atoms with Crippen molar-refractivity contribution in [2.24, 2.45) is 17.8 Å². The fourth-order valence-corrected chi connectivity index (χ4v) is 6.44. The Morgan fingerprint density at radius 1 is 0.885 bits per heavy atom. The van der Waals surface area contributed by atoms with E-state index in [4.69, 9.17) is 8.85 Å². The lowest BCUT2D eigenvalue weighted by Gasteiger charge is -2.44. The molecule has 0 radical (unpaired) electrons. The molecule has 5 heteroatoms. The SMILES string of the molecule is CC(C)(C)[Si](C)(C)O[C@H]1[C@@H]2[C@@H](CO)C=C[C@@H]2C[C@H]1O[Si](C)(C)C(C)(C)C. The van der Waals surface area contributed by atoms with Gasteiger partial charge in [-0.15, -0.1) is 0 Å². The Kier molecular flexibility index (Phi) is 6.14. The van der Waals surface area contributed by atoms with Gasteiger partial charge in [0.15, 0.2) is 16.6 Å². The molecule has 0 aromatic carbocycles. The van der Waals surface area contributed by atoms with Gasteiger partial charge in [0.1, 0.15) is 0 Å². The minimum atomic E-state index is -1.91. The third-order valence-corrected chi connectivity index (χ3v) is 16.5. The van der Waals surface area contributed by atoms with Gasteiger partial charge in [-0.25, -0.2) is 0 Å². The smallest absolute Gasteiger partial charge is 0.192 e. The third-order valence-electron chi connectivity index (χ3n) is 7.54. The quantitative estimate of drug-likeness (QED) is 0.485. The predicted octanol–water partition coefficient (Wildman–Crippen LogP) is 5.58. The Morgan fingerprint density at radius 2 is 1.38 bits per heavy atom.